The number of rotatable bonds is 3. The Hall–Kier alpha value is -2.17. The molecule has 0 saturated heterocycles. The highest BCUT2D eigenvalue weighted by Crippen LogP contribution is 2.37. The first-order valence-corrected chi connectivity index (χ1v) is 5.61. The fourth-order valence-electron chi connectivity index (χ4n) is 1.62. The summed E-state index contributed by atoms with van der Waals surface area (Å²) in [4.78, 5) is 16.0. The molecule has 2 N–H and O–H groups in total. The van der Waals surface area contributed by atoms with Crippen LogP contribution in [0.3, 0.4) is 0 Å². The SMILES string of the molecule is O=C(Nc1ccccc1)c1n[nH]c(C2CC2)n1. The smallest absolute Gasteiger partial charge is 0.295 e. The lowest BCUT2D eigenvalue weighted by molar-refractivity contribution is 0.101. The van der Waals surface area contributed by atoms with Crippen molar-refractivity contribution < 1.29 is 4.79 Å². The number of amides is 1. The van der Waals surface area contributed by atoms with Crippen molar-refractivity contribution in [3.8, 4) is 0 Å². The van der Waals surface area contributed by atoms with E-state index in [4.69, 9.17) is 0 Å². The summed E-state index contributed by atoms with van der Waals surface area (Å²) < 4.78 is 0. The van der Waals surface area contributed by atoms with Crippen LogP contribution in [0.4, 0.5) is 5.69 Å². The molecule has 0 bridgehead atoms. The van der Waals surface area contributed by atoms with Gasteiger partial charge in [0.05, 0.1) is 0 Å². The van der Waals surface area contributed by atoms with Crippen molar-refractivity contribution in [2.75, 3.05) is 5.32 Å². The molecule has 1 aliphatic carbocycles. The average Bonchev–Trinajstić information content (AvgIpc) is 3.08. The predicted molar refractivity (Wildman–Crippen MR) is 62.8 cm³/mol. The van der Waals surface area contributed by atoms with E-state index in [-0.39, 0.29) is 11.7 Å². The van der Waals surface area contributed by atoms with Crippen LogP contribution in [0.25, 0.3) is 0 Å². The van der Waals surface area contributed by atoms with Gasteiger partial charge < -0.3 is 5.32 Å². The van der Waals surface area contributed by atoms with Crippen molar-refractivity contribution in [2.24, 2.45) is 0 Å². The molecule has 17 heavy (non-hydrogen) atoms. The Balaban J connectivity index is 1.72. The van der Waals surface area contributed by atoms with Crippen LogP contribution in [0.1, 0.15) is 35.2 Å². The van der Waals surface area contributed by atoms with Gasteiger partial charge in [0.2, 0.25) is 5.82 Å². The van der Waals surface area contributed by atoms with Gasteiger partial charge in [-0.25, -0.2) is 4.98 Å². The number of nitrogens with one attached hydrogen (secondary N) is 2. The van der Waals surface area contributed by atoms with E-state index >= 15 is 0 Å². The molecule has 1 fully saturated rings. The third-order valence-electron chi connectivity index (χ3n) is 2.70. The molecule has 5 nitrogen and oxygen atoms in total. The number of carbonyl (C=O) groups is 1. The molecular formula is C12H12N4O. The normalized spacial score (nSPS) is 14.6. The second-order valence-electron chi connectivity index (χ2n) is 4.14. The van der Waals surface area contributed by atoms with Gasteiger partial charge >= 0.3 is 0 Å². The van der Waals surface area contributed by atoms with Crippen molar-refractivity contribution in [1.82, 2.24) is 15.2 Å². The maximum atomic E-state index is 11.8. The summed E-state index contributed by atoms with van der Waals surface area (Å²) in [6, 6.07) is 9.28. The molecule has 1 aromatic heterocycles. The fraction of sp³-hybridized carbons (Fsp3) is 0.250. The number of nitrogens with zero attached hydrogens (tertiary/aromatic N) is 2. The van der Waals surface area contributed by atoms with Crippen LogP contribution in [-0.2, 0) is 0 Å². The first-order chi connectivity index (χ1) is 8.33. The molecule has 1 aliphatic rings. The van der Waals surface area contributed by atoms with Crippen molar-refractivity contribution in [3.05, 3.63) is 42.0 Å². The van der Waals surface area contributed by atoms with E-state index in [1.807, 2.05) is 30.3 Å². The van der Waals surface area contributed by atoms with E-state index in [2.05, 4.69) is 20.5 Å². The monoisotopic (exact) mass is 228 g/mol. The molecule has 0 aliphatic heterocycles. The molecule has 86 valence electrons. The van der Waals surface area contributed by atoms with Gasteiger partial charge in [0.15, 0.2) is 0 Å². The molecule has 1 amide bonds. The largest absolute Gasteiger partial charge is 0.319 e. The molecule has 2 aromatic rings. The Bertz CT molecular complexity index is 530. The highest BCUT2D eigenvalue weighted by atomic mass is 16.2. The lowest BCUT2D eigenvalue weighted by Crippen LogP contribution is -2.13. The first-order valence-electron chi connectivity index (χ1n) is 5.61. The van der Waals surface area contributed by atoms with Crippen LogP contribution in [0.2, 0.25) is 0 Å². The summed E-state index contributed by atoms with van der Waals surface area (Å²) in [5, 5.41) is 9.48. The number of hydrogen-bond acceptors (Lipinski definition) is 3. The number of carbonyl (C=O) groups excluding carboxylic acids is 1. The van der Waals surface area contributed by atoms with Crippen LogP contribution in [-0.4, -0.2) is 21.1 Å². The molecule has 0 unspecified atom stereocenters. The Labute approximate surface area is 98.3 Å². The van der Waals surface area contributed by atoms with Gasteiger partial charge in [0.25, 0.3) is 5.91 Å². The zero-order valence-electron chi connectivity index (χ0n) is 9.18. The van der Waals surface area contributed by atoms with Gasteiger partial charge in [-0.05, 0) is 25.0 Å². The van der Waals surface area contributed by atoms with Crippen molar-refractivity contribution in [3.63, 3.8) is 0 Å². The maximum Gasteiger partial charge on any atom is 0.295 e. The van der Waals surface area contributed by atoms with Crippen molar-refractivity contribution >= 4 is 11.6 Å². The molecule has 1 aromatic carbocycles. The average molecular weight is 228 g/mol. The summed E-state index contributed by atoms with van der Waals surface area (Å²) in [6.07, 6.45) is 2.27. The zero-order chi connectivity index (χ0) is 11.7. The molecule has 1 saturated carbocycles. The molecular weight excluding hydrogens is 216 g/mol. The van der Waals surface area contributed by atoms with E-state index in [0.29, 0.717) is 5.92 Å². The van der Waals surface area contributed by atoms with E-state index in [1.54, 1.807) is 0 Å². The maximum absolute atomic E-state index is 11.8. The Morgan fingerprint density at radius 2 is 2.06 bits per heavy atom. The van der Waals surface area contributed by atoms with E-state index in [9.17, 15) is 4.79 Å². The van der Waals surface area contributed by atoms with E-state index in [1.165, 1.54) is 0 Å². The van der Waals surface area contributed by atoms with Gasteiger partial charge in [0, 0.05) is 11.6 Å². The fourth-order valence-corrected chi connectivity index (χ4v) is 1.62. The number of anilines is 1. The van der Waals surface area contributed by atoms with Gasteiger partial charge in [-0.1, -0.05) is 18.2 Å². The minimum Gasteiger partial charge on any atom is -0.319 e. The minimum absolute atomic E-state index is 0.204. The number of para-hydroxylation sites is 1. The van der Waals surface area contributed by atoms with Crippen LogP contribution >= 0.6 is 0 Å². The molecule has 5 heteroatoms. The third kappa shape index (κ3) is 2.18. The second kappa shape index (κ2) is 4.01. The molecule has 1 heterocycles. The Kier molecular flexibility index (Phi) is 2.36. The summed E-state index contributed by atoms with van der Waals surface area (Å²) in [5.41, 5.74) is 0.746. The third-order valence-corrected chi connectivity index (χ3v) is 2.70. The topological polar surface area (TPSA) is 70.7 Å². The number of hydrogen-bond donors (Lipinski definition) is 2. The second-order valence-corrected chi connectivity index (χ2v) is 4.14. The number of aromatic nitrogens is 3. The summed E-state index contributed by atoms with van der Waals surface area (Å²) >= 11 is 0. The van der Waals surface area contributed by atoms with Gasteiger partial charge in [-0.2, -0.15) is 0 Å². The van der Waals surface area contributed by atoms with Crippen molar-refractivity contribution in [2.45, 2.75) is 18.8 Å². The standard InChI is InChI=1S/C12H12N4O/c17-12(13-9-4-2-1-3-5-9)11-14-10(15-16-11)8-6-7-8/h1-5,8H,6-7H2,(H,13,17)(H,14,15,16). The zero-order valence-corrected chi connectivity index (χ0v) is 9.18. The lowest BCUT2D eigenvalue weighted by atomic mass is 10.3. The van der Waals surface area contributed by atoms with Crippen LogP contribution in [0.5, 0.6) is 0 Å². The minimum atomic E-state index is -0.278. The van der Waals surface area contributed by atoms with E-state index < -0.39 is 0 Å². The van der Waals surface area contributed by atoms with Gasteiger partial charge in [0.1, 0.15) is 5.82 Å². The summed E-state index contributed by atoms with van der Waals surface area (Å²) in [5.74, 6) is 1.22. The highest BCUT2D eigenvalue weighted by molar-refractivity contribution is 6.01. The van der Waals surface area contributed by atoms with Crippen LogP contribution < -0.4 is 5.32 Å². The Morgan fingerprint density at radius 3 is 2.76 bits per heavy atom. The highest BCUT2D eigenvalue weighted by Gasteiger charge is 2.28. The molecule has 0 radical (unpaired) electrons. The molecule has 0 atom stereocenters. The quantitative estimate of drug-likeness (QED) is 0.843. The molecule has 0 spiro atoms. The van der Waals surface area contributed by atoms with Crippen LogP contribution in [0, 0.1) is 0 Å². The van der Waals surface area contributed by atoms with Gasteiger partial charge in [-0.15, -0.1) is 5.10 Å². The summed E-state index contributed by atoms with van der Waals surface area (Å²) in [7, 11) is 0. The Morgan fingerprint density at radius 1 is 1.29 bits per heavy atom. The van der Waals surface area contributed by atoms with Crippen molar-refractivity contribution in [1.29, 1.82) is 0 Å². The summed E-state index contributed by atoms with van der Waals surface area (Å²) in [6.45, 7) is 0. The predicted octanol–water partition coefficient (Wildman–Crippen LogP) is 1.93. The number of H-pyrrole nitrogens is 1. The van der Waals surface area contributed by atoms with Crippen LogP contribution in [0.15, 0.2) is 30.3 Å². The first kappa shape index (κ1) is 10.0. The lowest BCUT2D eigenvalue weighted by Gasteiger charge is -2.00. The number of aromatic amines is 1. The van der Waals surface area contributed by atoms with Gasteiger partial charge in [-0.3, -0.25) is 9.89 Å². The van der Waals surface area contributed by atoms with E-state index in [0.717, 1.165) is 24.4 Å². The number of benzene rings is 1. The molecule has 3 rings (SSSR count).